The monoisotopic (exact) mass is 489 g/mol. The quantitative estimate of drug-likeness (QED) is 0.612. The third-order valence-corrected chi connectivity index (χ3v) is 6.95. The maximum absolute atomic E-state index is 12.9. The fourth-order valence-corrected chi connectivity index (χ4v) is 4.76. The fourth-order valence-electron chi connectivity index (χ4n) is 4.76. The number of pyridine rings is 1. The molecule has 0 atom stereocenters. The van der Waals surface area contributed by atoms with E-state index in [4.69, 9.17) is 4.74 Å². The van der Waals surface area contributed by atoms with Crippen molar-refractivity contribution in [1.29, 1.82) is 0 Å². The van der Waals surface area contributed by atoms with E-state index in [-0.39, 0.29) is 43.6 Å². The van der Waals surface area contributed by atoms with Gasteiger partial charge in [-0.1, -0.05) is 6.07 Å². The second kappa shape index (κ2) is 10.7. The number of ether oxygens (including phenoxy) is 1. The van der Waals surface area contributed by atoms with Crippen molar-refractivity contribution >= 4 is 17.5 Å². The van der Waals surface area contributed by atoms with Crippen molar-refractivity contribution in [1.82, 2.24) is 9.88 Å². The van der Waals surface area contributed by atoms with Gasteiger partial charge in [0.15, 0.2) is 0 Å². The molecule has 1 saturated carbocycles. The van der Waals surface area contributed by atoms with E-state index in [2.05, 4.69) is 10.3 Å². The molecule has 2 amide bonds. The van der Waals surface area contributed by atoms with E-state index >= 15 is 0 Å². The smallest absolute Gasteiger partial charge is 0.391 e. The zero-order chi connectivity index (χ0) is 25.0. The van der Waals surface area contributed by atoms with Crippen molar-refractivity contribution < 1.29 is 27.5 Å². The highest BCUT2D eigenvalue weighted by molar-refractivity contribution is 5.94. The highest BCUT2D eigenvalue weighted by atomic mass is 19.4. The number of likely N-dealkylation sites (tertiary alicyclic amines) is 1. The van der Waals surface area contributed by atoms with Crippen LogP contribution in [0.1, 0.15) is 54.4 Å². The predicted molar refractivity (Wildman–Crippen MR) is 125 cm³/mol. The lowest BCUT2D eigenvalue weighted by Crippen LogP contribution is -2.41. The molecule has 4 rings (SSSR count). The Bertz CT molecular complexity index is 1030. The third-order valence-electron chi connectivity index (χ3n) is 6.95. The number of aromatic nitrogens is 1. The number of amides is 2. The van der Waals surface area contributed by atoms with Crippen molar-refractivity contribution in [2.45, 2.75) is 57.7 Å². The summed E-state index contributed by atoms with van der Waals surface area (Å²) in [6, 6.07) is 8.89. The molecule has 2 aliphatic rings. The topological polar surface area (TPSA) is 71.5 Å². The standard InChI is InChI=1S/C26H30F3N3O3/c1-17-4-9-21(31-24(33)18-5-7-20(8-6-18)26(27,28)29)15-23(17)35-22-10-13-32(14-11-22)25(34)19-3-2-12-30-16-19/h2-4,9,12,15-16,18,20,22H,5-8,10-11,13-14H2,1H3,(H,31,33). The lowest BCUT2D eigenvalue weighted by molar-refractivity contribution is -0.184. The molecule has 0 bridgehead atoms. The van der Waals surface area contributed by atoms with Crippen LogP contribution in [0.2, 0.25) is 0 Å². The molecule has 0 spiro atoms. The number of nitrogens with one attached hydrogen (secondary N) is 1. The van der Waals surface area contributed by atoms with Crippen LogP contribution in [0, 0.1) is 18.8 Å². The molecule has 9 heteroatoms. The van der Waals surface area contributed by atoms with Crippen molar-refractivity contribution in [2.24, 2.45) is 11.8 Å². The minimum absolute atomic E-state index is 0.00810. The van der Waals surface area contributed by atoms with E-state index in [1.165, 1.54) is 0 Å². The number of halogens is 3. The summed E-state index contributed by atoms with van der Waals surface area (Å²) in [5, 5.41) is 2.85. The summed E-state index contributed by atoms with van der Waals surface area (Å²) in [6.07, 6.45) is 0.780. The second-order valence-corrected chi connectivity index (χ2v) is 9.41. The van der Waals surface area contributed by atoms with E-state index in [0.717, 1.165) is 5.56 Å². The summed E-state index contributed by atoms with van der Waals surface area (Å²) in [4.78, 5) is 31.1. The highest BCUT2D eigenvalue weighted by Crippen LogP contribution is 2.40. The summed E-state index contributed by atoms with van der Waals surface area (Å²) in [6.45, 7) is 3.07. The van der Waals surface area contributed by atoms with Crippen molar-refractivity contribution in [3.05, 3.63) is 53.9 Å². The number of piperidine rings is 1. The molecular formula is C26H30F3N3O3. The number of alkyl halides is 3. The molecule has 0 radical (unpaired) electrons. The Balaban J connectivity index is 1.30. The van der Waals surface area contributed by atoms with Crippen LogP contribution in [-0.2, 0) is 4.79 Å². The van der Waals surface area contributed by atoms with Gasteiger partial charge in [0.25, 0.3) is 5.91 Å². The zero-order valence-electron chi connectivity index (χ0n) is 19.7. The number of nitrogens with zero attached hydrogens (tertiary/aromatic N) is 2. The average molecular weight is 490 g/mol. The molecule has 1 aliphatic carbocycles. The average Bonchev–Trinajstić information content (AvgIpc) is 2.86. The summed E-state index contributed by atoms with van der Waals surface area (Å²) >= 11 is 0. The van der Waals surface area contributed by atoms with Crippen LogP contribution in [0.25, 0.3) is 0 Å². The molecule has 1 aromatic heterocycles. The lowest BCUT2D eigenvalue weighted by atomic mass is 9.81. The first kappa shape index (κ1) is 25.0. The van der Waals surface area contributed by atoms with Gasteiger partial charge in [0.05, 0.1) is 11.5 Å². The normalized spacial score (nSPS) is 21.4. The molecule has 188 valence electrons. The Morgan fingerprint density at radius 2 is 1.77 bits per heavy atom. The van der Waals surface area contributed by atoms with E-state index in [9.17, 15) is 22.8 Å². The van der Waals surface area contributed by atoms with Gasteiger partial charge in [-0.2, -0.15) is 13.2 Å². The summed E-state index contributed by atoms with van der Waals surface area (Å²) in [5.41, 5.74) is 2.05. The molecular weight excluding hydrogens is 459 g/mol. The third kappa shape index (κ3) is 6.32. The number of rotatable bonds is 5. The van der Waals surface area contributed by atoms with Crippen molar-refractivity contribution in [2.75, 3.05) is 18.4 Å². The van der Waals surface area contributed by atoms with Gasteiger partial charge in [-0.25, -0.2) is 0 Å². The number of anilines is 1. The maximum atomic E-state index is 12.9. The molecule has 0 unspecified atom stereocenters. The van der Waals surface area contributed by atoms with Crippen LogP contribution in [0.15, 0.2) is 42.7 Å². The van der Waals surface area contributed by atoms with E-state index in [1.54, 1.807) is 41.6 Å². The SMILES string of the molecule is Cc1ccc(NC(=O)C2CCC(C(F)(F)F)CC2)cc1OC1CCN(C(=O)c2cccnc2)CC1. The van der Waals surface area contributed by atoms with Crippen LogP contribution >= 0.6 is 0 Å². The van der Waals surface area contributed by atoms with Gasteiger partial charge >= 0.3 is 6.18 Å². The zero-order valence-corrected chi connectivity index (χ0v) is 19.7. The van der Waals surface area contributed by atoms with Crippen LogP contribution in [0.5, 0.6) is 5.75 Å². The van der Waals surface area contributed by atoms with Crippen molar-refractivity contribution in [3.8, 4) is 5.75 Å². The first-order valence-corrected chi connectivity index (χ1v) is 12.0. The van der Waals surface area contributed by atoms with Gasteiger partial charge in [0.1, 0.15) is 11.9 Å². The maximum Gasteiger partial charge on any atom is 0.391 e. The van der Waals surface area contributed by atoms with Gasteiger partial charge in [0, 0.05) is 56.0 Å². The summed E-state index contributed by atoms with van der Waals surface area (Å²) in [5.74, 6) is -1.36. The van der Waals surface area contributed by atoms with Gasteiger partial charge < -0.3 is 15.0 Å². The lowest BCUT2D eigenvalue weighted by Gasteiger charge is -2.32. The Labute approximate surface area is 202 Å². The van der Waals surface area contributed by atoms with Crippen LogP contribution in [0.4, 0.5) is 18.9 Å². The number of carbonyl (C=O) groups excluding carboxylic acids is 2. The highest BCUT2D eigenvalue weighted by Gasteiger charge is 2.42. The molecule has 1 aliphatic heterocycles. The van der Waals surface area contributed by atoms with E-state index in [1.807, 2.05) is 13.0 Å². The molecule has 2 aromatic rings. The molecule has 2 heterocycles. The number of hydrogen-bond donors (Lipinski definition) is 1. The van der Waals surface area contributed by atoms with Gasteiger partial charge in [-0.05, 0) is 56.4 Å². The molecule has 1 saturated heterocycles. The second-order valence-electron chi connectivity index (χ2n) is 9.41. The minimum Gasteiger partial charge on any atom is -0.490 e. The predicted octanol–water partition coefficient (Wildman–Crippen LogP) is 5.38. The number of hydrogen-bond acceptors (Lipinski definition) is 4. The van der Waals surface area contributed by atoms with Crippen molar-refractivity contribution in [3.63, 3.8) is 0 Å². The number of carbonyl (C=O) groups is 2. The van der Waals surface area contributed by atoms with Gasteiger partial charge in [-0.15, -0.1) is 0 Å². The van der Waals surface area contributed by atoms with E-state index in [0.29, 0.717) is 42.9 Å². The summed E-state index contributed by atoms with van der Waals surface area (Å²) in [7, 11) is 0. The van der Waals surface area contributed by atoms with E-state index < -0.39 is 18.0 Å². The molecule has 1 aromatic carbocycles. The first-order valence-electron chi connectivity index (χ1n) is 12.0. The fraction of sp³-hybridized carbons (Fsp3) is 0.500. The molecule has 2 fully saturated rings. The number of aryl methyl sites for hydroxylation is 1. The Morgan fingerprint density at radius 3 is 2.40 bits per heavy atom. The van der Waals surface area contributed by atoms with Crippen LogP contribution < -0.4 is 10.1 Å². The van der Waals surface area contributed by atoms with Gasteiger partial charge in [0.2, 0.25) is 5.91 Å². The summed E-state index contributed by atoms with van der Waals surface area (Å²) < 4.78 is 44.9. The minimum atomic E-state index is -4.19. The largest absolute Gasteiger partial charge is 0.490 e. The molecule has 35 heavy (non-hydrogen) atoms. The Kier molecular flexibility index (Phi) is 7.62. The van der Waals surface area contributed by atoms with Gasteiger partial charge in [-0.3, -0.25) is 14.6 Å². The Morgan fingerprint density at radius 1 is 1.06 bits per heavy atom. The van der Waals surface area contributed by atoms with Crippen LogP contribution in [-0.4, -0.2) is 47.1 Å². The first-order chi connectivity index (χ1) is 16.7. The molecule has 6 nitrogen and oxygen atoms in total. The molecule has 1 N–H and O–H groups in total. The number of benzene rings is 1. The Hall–Kier alpha value is -3.10. The van der Waals surface area contributed by atoms with Crippen LogP contribution in [0.3, 0.4) is 0 Å².